The Kier molecular flexibility index (Phi) is 7.91. The number of azo groups is 1. The Hall–Kier alpha value is -4.45. The van der Waals surface area contributed by atoms with Crippen LogP contribution in [-0.2, 0) is 16.6 Å². The van der Waals surface area contributed by atoms with Crippen molar-refractivity contribution in [1.29, 1.82) is 0 Å². The molecule has 0 amide bonds. The molecule has 0 atom stereocenters. The van der Waals surface area contributed by atoms with Gasteiger partial charge in [-0.1, -0.05) is 50.1 Å². The number of hydrogen-bond donors (Lipinski definition) is 2. The number of hydrogen-bond acceptors (Lipinski definition) is 8. The first-order valence-electron chi connectivity index (χ1n) is 11.9. The Morgan fingerprint density at radius 2 is 1.79 bits per heavy atom. The van der Waals surface area contributed by atoms with Gasteiger partial charge in [-0.25, -0.2) is 8.42 Å². The number of nitro groups is 1. The predicted molar refractivity (Wildman–Crippen MR) is 144 cm³/mol. The fourth-order valence-electron chi connectivity index (χ4n) is 4.06. The number of para-hydroxylation sites is 3. The zero-order valence-electron chi connectivity index (χ0n) is 20.9. The molecule has 1 heterocycles. The van der Waals surface area contributed by atoms with Crippen molar-refractivity contribution < 1.29 is 23.2 Å². The molecule has 12 heteroatoms. The van der Waals surface area contributed by atoms with Crippen LogP contribution in [-0.4, -0.2) is 30.1 Å². The third kappa shape index (κ3) is 5.44. The van der Waals surface area contributed by atoms with Crippen LogP contribution in [0.2, 0.25) is 0 Å². The summed E-state index contributed by atoms with van der Waals surface area (Å²) in [5.41, 5.74) is 0.526. The number of benzene rings is 3. The van der Waals surface area contributed by atoms with Crippen LogP contribution in [0.15, 0.2) is 81.9 Å². The summed E-state index contributed by atoms with van der Waals surface area (Å²) < 4.78 is 36.1. The third-order valence-corrected chi connectivity index (χ3v) is 7.35. The summed E-state index contributed by atoms with van der Waals surface area (Å²) in [5.74, 6) is 0.176. The first-order valence-corrected chi connectivity index (χ1v) is 13.4. The van der Waals surface area contributed by atoms with Crippen molar-refractivity contribution in [3.63, 3.8) is 0 Å². The SMILES string of the molecule is CCCCCn1c(O)c(N=Nc2ccc([N+](=O)[O-])cc2S(=O)(=O)Nc2ccccc2OC)c2ccccc21. The van der Waals surface area contributed by atoms with E-state index in [0.717, 1.165) is 36.9 Å². The summed E-state index contributed by atoms with van der Waals surface area (Å²) in [5, 5.41) is 31.4. The molecule has 11 nitrogen and oxygen atoms in total. The minimum Gasteiger partial charge on any atom is -0.495 e. The number of ether oxygens (including phenoxy) is 1. The van der Waals surface area contributed by atoms with E-state index in [1.54, 1.807) is 34.9 Å². The molecule has 198 valence electrons. The number of rotatable bonds is 11. The lowest BCUT2D eigenvalue weighted by Gasteiger charge is -2.12. The van der Waals surface area contributed by atoms with E-state index in [4.69, 9.17) is 4.74 Å². The number of non-ortho nitro benzene ring substituents is 1. The number of unbranched alkanes of at least 4 members (excludes halogenated alkanes) is 2. The van der Waals surface area contributed by atoms with E-state index in [9.17, 15) is 23.6 Å². The van der Waals surface area contributed by atoms with Crippen LogP contribution in [0.4, 0.5) is 22.7 Å². The number of methoxy groups -OCH3 is 1. The summed E-state index contributed by atoms with van der Waals surface area (Å²) >= 11 is 0. The van der Waals surface area contributed by atoms with Crippen molar-refractivity contribution in [2.75, 3.05) is 11.8 Å². The smallest absolute Gasteiger partial charge is 0.270 e. The second kappa shape index (κ2) is 11.3. The van der Waals surface area contributed by atoms with Gasteiger partial charge in [0.15, 0.2) is 5.69 Å². The molecule has 38 heavy (non-hydrogen) atoms. The average molecular weight is 538 g/mol. The van der Waals surface area contributed by atoms with E-state index >= 15 is 0 Å². The molecule has 0 fully saturated rings. The molecular weight excluding hydrogens is 510 g/mol. The van der Waals surface area contributed by atoms with Gasteiger partial charge in [-0.3, -0.25) is 14.8 Å². The van der Waals surface area contributed by atoms with Crippen molar-refractivity contribution in [3.05, 3.63) is 76.8 Å². The van der Waals surface area contributed by atoms with E-state index in [-0.39, 0.29) is 28.7 Å². The molecule has 3 aromatic carbocycles. The largest absolute Gasteiger partial charge is 0.495 e. The Labute approximate surface area is 219 Å². The molecule has 1 aromatic heterocycles. The molecule has 0 aliphatic heterocycles. The van der Waals surface area contributed by atoms with Gasteiger partial charge in [-0.05, 0) is 30.7 Å². The molecule has 4 rings (SSSR count). The molecule has 0 saturated carbocycles. The summed E-state index contributed by atoms with van der Waals surface area (Å²) in [6.07, 6.45) is 2.87. The molecule has 0 bridgehead atoms. The van der Waals surface area contributed by atoms with Gasteiger partial charge in [0.1, 0.15) is 16.3 Å². The number of aromatic nitrogens is 1. The quantitative estimate of drug-likeness (QED) is 0.0944. The maximum Gasteiger partial charge on any atom is 0.270 e. The average Bonchev–Trinajstić information content (AvgIpc) is 3.18. The maximum absolute atomic E-state index is 13.4. The van der Waals surface area contributed by atoms with Crippen molar-refractivity contribution in [2.24, 2.45) is 10.2 Å². The summed E-state index contributed by atoms with van der Waals surface area (Å²) in [6.45, 7) is 2.67. The summed E-state index contributed by atoms with van der Waals surface area (Å²) in [4.78, 5) is 10.3. The Balaban J connectivity index is 1.79. The molecule has 0 radical (unpaired) electrons. The molecule has 2 N–H and O–H groups in total. The third-order valence-electron chi connectivity index (χ3n) is 5.96. The molecule has 0 unspecified atom stereocenters. The van der Waals surface area contributed by atoms with Gasteiger partial charge in [0.2, 0.25) is 5.88 Å². The minimum atomic E-state index is -4.36. The number of aromatic hydroxyl groups is 1. The minimum absolute atomic E-state index is 0.0930. The van der Waals surface area contributed by atoms with Crippen LogP contribution >= 0.6 is 0 Å². The molecule has 0 spiro atoms. The van der Waals surface area contributed by atoms with Gasteiger partial charge in [0, 0.05) is 24.1 Å². The lowest BCUT2D eigenvalue weighted by molar-refractivity contribution is -0.385. The second-order valence-electron chi connectivity index (χ2n) is 8.46. The van der Waals surface area contributed by atoms with Crippen LogP contribution in [0.3, 0.4) is 0 Å². The van der Waals surface area contributed by atoms with E-state index in [1.165, 1.54) is 19.2 Å². The van der Waals surface area contributed by atoms with E-state index in [2.05, 4.69) is 21.9 Å². The van der Waals surface area contributed by atoms with Crippen molar-refractivity contribution in [3.8, 4) is 11.6 Å². The first-order chi connectivity index (χ1) is 18.3. The lowest BCUT2D eigenvalue weighted by atomic mass is 10.2. The van der Waals surface area contributed by atoms with Crippen LogP contribution < -0.4 is 9.46 Å². The molecule has 0 aliphatic rings. The van der Waals surface area contributed by atoms with Crippen molar-refractivity contribution in [1.82, 2.24) is 4.57 Å². The summed E-state index contributed by atoms with van der Waals surface area (Å²) in [6, 6.07) is 16.9. The maximum atomic E-state index is 13.4. The molecule has 0 aliphatic carbocycles. The second-order valence-corrected chi connectivity index (χ2v) is 10.1. The molecule has 4 aromatic rings. The highest BCUT2D eigenvalue weighted by Crippen LogP contribution is 2.41. The number of fused-ring (bicyclic) bond motifs is 1. The highest BCUT2D eigenvalue weighted by atomic mass is 32.2. The Bertz CT molecular complexity index is 1610. The standard InChI is InChI=1S/C26H27N5O6S/c1-3-4-9-16-30-22-12-7-5-10-19(22)25(26(30)32)28-27-21-15-14-18(31(33)34)17-24(21)38(35,36)29-20-11-6-8-13-23(20)37-2/h5-8,10-15,17,29,32H,3-4,9,16H2,1-2H3. The molecular formula is C26H27N5O6S. The van der Waals surface area contributed by atoms with Gasteiger partial charge in [-0.2, -0.15) is 0 Å². The Morgan fingerprint density at radius 3 is 2.53 bits per heavy atom. The van der Waals surface area contributed by atoms with E-state index < -0.39 is 25.5 Å². The van der Waals surface area contributed by atoms with Gasteiger partial charge in [0.05, 0.1) is 23.2 Å². The normalized spacial score (nSPS) is 11.7. The lowest BCUT2D eigenvalue weighted by Crippen LogP contribution is -2.14. The van der Waals surface area contributed by atoms with E-state index in [0.29, 0.717) is 11.9 Å². The number of nitro benzene ring substituents is 1. The van der Waals surface area contributed by atoms with Crippen LogP contribution in [0.5, 0.6) is 11.6 Å². The van der Waals surface area contributed by atoms with E-state index in [1.807, 2.05) is 12.1 Å². The van der Waals surface area contributed by atoms with Gasteiger partial charge in [-0.15, -0.1) is 10.2 Å². The number of anilines is 1. The predicted octanol–water partition coefficient (Wildman–Crippen LogP) is 6.67. The fourth-order valence-corrected chi connectivity index (χ4v) is 5.29. The van der Waals surface area contributed by atoms with Crippen LogP contribution in [0.25, 0.3) is 10.9 Å². The number of aryl methyl sites for hydroxylation is 1. The van der Waals surface area contributed by atoms with Crippen LogP contribution in [0.1, 0.15) is 26.2 Å². The summed E-state index contributed by atoms with van der Waals surface area (Å²) in [7, 11) is -2.96. The Morgan fingerprint density at radius 1 is 1.05 bits per heavy atom. The monoisotopic (exact) mass is 537 g/mol. The fraction of sp³-hybridized carbons (Fsp3) is 0.231. The van der Waals surface area contributed by atoms with Gasteiger partial charge >= 0.3 is 0 Å². The zero-order valence-corrected chi connectivity index (χ0v) is 21.7. The molecule has 0 saturated heterocycles. The highest BCUT2D eigenvalue weighted by molar-refractivity contribution is 7.92. The van der Waals surface area contributed by atoms with Crippen molar-refractivity contribution in [2.45, 2.75) is 37.6 Å². The number of nitrogens with zero attached hydrogens (tertiary/aromatic N) is 4. The topological polar surface area (TPSA) is 148 Å². The number of sulfonamides is 1. The van der Waals surface area contributed by atoms with Crippen molar-refractivity contribution >= 4 is 43.7 Å². The van der Waals surface area contributed by atoms with Crippen LogP contribution in [0, 0.1) is 10.1 Å². The first kappa shape index (κ1) is 26.6. The number of nitrogens with one attached hydrogen (secondary N) is 1. The van der Waals surface area contributed by atoms with Gasteiger partial charge in [0.25, 0.3) is 15.7 Å². The zero-order chi connectivity index (χ0) is 27.3. The van der Waals surface area contributed by atoms with Gasteiger partial charge < -0.3 is 14.4 Å². The highest BCUT2D eigenvalue weighted by Gasteiger charge is 2.24.